The first kappa shape index (κ1) is 94.6. The van der Waals surface area contributed by atoms with Gasteiger partial charge in [0.1, 0.15) is 45.9 Å². The third kappa shape index (κ3) is 30.1. The van der Waals surface area contributed by atoms with Crippen molar-refractivity contribution in [2.45, 2.75) is 172 Å². The lowest BCUT2D eigenvalue weighted by Crippen LogP contribution is -2.07. The number of aromatic amines is 3. The molecule has 0 bridgehead atoms. The maximum atomic E-state index is 12.6. The SMILES string of the molecule is CC(=O)[C@H](C)c1ccccc1.CCc1c(F)cccc1F.CCc1ccc(C(F)(F)F)nc1.CCc1ccc(OC)nc1.CCc1ccc2[nH]ccc2c1.CCc1ccc2nc[nH]c2c1.CCc1ccnc2c1OCC2.CCc1cnc(OC)cn1.CCc1cnc2[nH]ccc2c1.CCc1cnc2c(c1)OCC2.CCc1cnc2c(ccn2C)c1. The van der Waals surface area contributed by atoms with Crippen LogP contribution in [0.3, 0.4) is 0 Å². The maximum absolute atomic E-state index is 12.6. The van der Waals surface area contributed by atoms with Crippen LogP contribution in [0.2, 0.25) is 0 Å². The Labute approximate surface area is 702 Å². The lowest BCUT2D eigenvalue weighted by atomic mass is 9.98. The summed E-state index contributed by atoms with van der Waals surface area (Å²) in [5.74, 6) is 2.62. The molecule has 15 aromatic rings. The van der Waals surface area contributed by atoms with E-state index in [9.17, 15) is 26.7 Å². The maximum Gasteiger partial charge on any atom is 0.433 e. The number of ether oxygens (including phenoxy) is 4. The normalized spacial score (nSPS) is 11.3. The quantitative estimate of drug-likeness (QED) is 0.0862. The van der Waals surface area contributed by atoms with Crippen LogP contribution in [0.5, 0.6) is 23.3 Å². The van der Waals surface area contributed by atoms with Crippen LogP contribution in [0, 0.1) is 11.6 Å². The molecule has 0 radical (unpaired) electrons. The van der Waals surface area contributed by atoms with Gasteiger partial charge in [0.15, 0.2) is 0 Å². The molecule has 17 rings (SSSR count). The molecular weight excluding hydrogens is 1520 g/mol. The van der Waals surface area contributed by atoms with Gasteiger partial charge in [-0.3, -0.25) is 24.7 Å². The number of carbonyl (C=O) groups excluding carboxylic acids is 1. The summed E-state index contributed by atoms with van der Waals surface area (Å²) in [5.41, 5.74) is 19.0. The molecule has 13 heterocycles. The highest BCUT2D eigenvalue weighted by molar-refractivity contribution is 5.83. The summed E-state index contributed by atoms with van der Waals surface area (Å²) in [5, 5.41) is 3.74. The molecule has 0 amide bonds. The van der Waals surface area contributed by atoms with Gasteiger partial charge in [-0.15, -0.1) is 0 Å². The first-order valence-corrected chi connectivity index (χ1v) is 40.9. The second kappa shape index (κ2) is 50.3. The molecule has 23 heteroatoms. The van der Waals surface area contributed by atoms with Gasteiger partial charge in [-0.2, -0.15) is 13.2 Å². The molecule has 0 saturated heterocycles. The molecule has 18 nitrogen and oxygen atoms in total. The summed E-state index contributed by atoms with van der Waals surface area (Å²) >= 11 is 0. The Morgan fingerprint density at radius 1 is 0.483 bits per heavy atom. The number of aryl methyl sites for hydroxylation is 10. The van der Waals surface area contributed by atoms with Crippen LogP contribution in [0.4, 0.5) is 22.0 Å². The summed E-state index contributed by atoms with van der Waals surface area (Å²) < 4.78 is 83.7. The van der Waals surface area contributed by atoms with Crippen molar-refractivity contribution in [2.24, 2.45) is 7.05 Å². The Morgan fingerprint density at radius 2 is 1.07 bits per heavy atom. The minimum absolute atomic E-state index is 0.0381. The Hall–Kier alpha value is -12.5. The molecule has 1 atom stereocenters. The largest absolute Gasteiger partial charge is 0.491 e. The van der Waals surface area contributed by atoms with Crippen LogP contribution >= 0.6 is 0 Å². The molecule has 0 fully saturated rings. The van der Waals surface area contributed by atoms with Gasteiger partial charge in [0.25, 0.3) is 0 Å². The minimum Gasteiger partial charge on any atom is -0.491 e. The highest BCUT2D eigenvalue weighted by Gasteiger charge is 2.32. The Kier molecular flexibility index (Phi) is 39.6. The number of nitrogens with zero attached hydrogens (tertiary/aromatic N) is 10. The summed E-state index contributed by atoms with van der Waals surface area (Å²) in [6, 6.07) is 47.6. The lowest BCUT2D eigenvalue weighted by Gasteiger charge is -2.05. The van der Waals surface area contributed by atoms with E-state index >= 15 is 0 Å². The number of halogens is 5. The predicted molar refractivity (Wildman–Crippen MR) is 472 cm³/mol. The topological polar surface area (TPSA) is 222 Å². The van der Waals surface area contributed by atoms with Gasteiger partial charge in [0.2, 0.25) is 11.8 Å². The van der Waals surface area contributed by atoms with Crippen molar-refractivity contribution in [3.8, 4) is 23.3 Å². The predicted octanol–water partition coefficient (Wildman–Crippen LogP) is 22.5. The fourth-order valence-electron chi connectivity index (χ4n) is 11.8. The van der Waals surface area contributed by atoms with Crippen molar-refractivity contribution in [1.82, 2.24) is 64.4 Å². The zero-order valence-corrected chi connectivity index (χ0v) is 71.7. The first-order chi connectivity index (χ1) is 58.0. The standard InChI is InChI=1S/C10H12N2.C10H11N.C10H12O.2C9H10N2.2C9H11NO.C8H8F3N.C8H8F2.C8H11NO.C7H10N2O/c1-3-8-6-9-4-5-12(2)10(9)11-7-8;1-2-8-3-4-10-9(7-8)5-6-11-10;1-8(9(2)11)10-6-4-3-5-7-10;1-2-7-5-8-3-4-10-9(8)11-6-7;1-2-7-3-4-8-9(5-7)11-6-10-8;1-2-7-3-5-10-8-4-6-11-9(7)8;1-2-7-5-9-8(10-6-7)3-4-11-9;1-2-6-3-4-7(12-5-6)8(9,10)11;1-2-6-7(9)4-3-5-8(6)10;1-3-7-4-5-8(10-2)9-6-7;1-3-6-4-9-7(10-2)5-8-6/h4-7H,3H2,1-2H3;3-7,11H,2H2,1H3;3-8H,1-2H3;2*3-6H,2H2,1H3,(H,10,11);3,5H,2,4,6H2,1H3;5-6H,2-4H2,1H3;3-5H,2H2,1H3;3-5H,2H2,1H3;4-6H,3H2,1-2H3;4-5H,3H2,1-2H3/t;;8-;;;;;;;;/m..0......../s1. The van der Waals surface area contributed by atoms with Crippen LogP contribution in [-0.4, -0.2) is 97.6 Å². The summed E-state index contributed by atoms with van der Waals surface area (Å²) in [4.78, 5) is 57.0. The lowest BCUT2D eigenvalue weighted by molar-refractivity contribution is -0.141. The number of carbonyl (C=O) groups is 1. The van der Waals surface area contributed by atoms with Crippen molar-refractivity contribution in [1.29, 1.82) is 0 Å². The zero-order valence-electron chi connectivity index (χ0n) is 71.7. The Balaban J connectivity index is 0.000000182. The molecule has 11 aromatic heterocycles. The molecule has 0 aliphatic carbocycles. The number of hydrogen-bond donors (Lipinski definition) is 3. The molecule has 0 spiro atoms. The molecular formula is C97H114F5N13O5. The van der Waals surface area contributed by atoms with Crippen LogP contribution in [0.25, 0.3) is 44.0 Å². The van der Waals surface area contributed by atoms with E-state index in [1.54, 1.807) is 46.8 Å². The number of pyridine rings is 6. The fraction of sp³-hybridized carbons (Fsp3) is 0.320. The fourth-order valence-corrected chi connectivity index (χ4v) is 11.8. The van der Waals surface area contributed by atoms with Crippen molar-refractivity contribution < 1.29 is 45.7 Å². The van der Waals surface area contributed by atoms with E-state index in [0.29, 0.717) is 24.6 Å². The number of fused-ring (bicyclic) bond motifs is 6. The number of ketones is 1. The number of benzene rings is 4. The second-order valence-electron chi connectivity index (χ2n) is 27.6. The number of methoxy groups -OCH3 is 2. The summed E-state index contributed by atoms with van der Waals surface area (Å²) in [7, 11) is 5.21. The van der Waals surface area contributed by atoms with E-state index in [1.807, 2.05) is 143 Å². The average molecular weight is 1640 g/mol. The number of nitrogens with one attached hydrogen (secondary N) is 3. The van der Waals surface area contributed by atoms with Gasteiger partial charge in [0.05, 0.1) is 74.3 Å². The van der Waals surface area contributed by atoms with E-state index in [2.05, 4.69) is 169 Å². The number of aromatic nitrogens is 13. The van der Waals surface area contributed by atoms with Crippen molar-refractivity contribution in [3.05, 3.63) is 316 Å². The monoisotopic (exact) mass is 1640 g/mol. The molecule has 0 saturated carbocycles. The number of Topliss-reactive ketones (excluding diaryl/α,β-unsaturated/α-hetero) is 1. The van der Waals surface area contributed by atoms with Gasteiger partial charge in [-0.05, 0) is 212 Å². The van der Waals surface area contributed by atoms with Crippen molar-refractivity contribution in [2.75, 3.05) is 27.4 Å². The molecule has 3 N–H and O–H groups in total. The van der Waals surface area contributed by atoms with E-state index in [4.69, 9.17) is 18.9 Å². The third-order valence-electron chi connectivity index (χ3n) is 19.5. The van der Waals surface area contributed by atoms with Gasteiger partial charge < -0.3 is 38.5 Å². The third-order valence-corrected chi connectivity index (χ3v) is 19.5. The molecule has 0 unspecified atom stereocenters. The van der Waals surface area contributed by atoms with E-state index in [0.717, 1.165) is 146 Å². The average Bonchev–Trinajstić information content (AvgIpc) is 1.85. The van der Waals surface area contributed by atoms with E-state index < -0.39 is 23.5 Å². The smallest absolute Gasteiger partial charge is 0.433 e. The number of rotatable bonds is 14. The number of hydrogen-bond acceptors (Lipinski definition) is 14. The molecule has 4 aromatic carbocycles. The van der Waals surface area contributed by atoms with Crippen molar-refractivity contribution >= 4 is 49.8 Å². The van der Waals surface area contributed by atoms with Gasteiger partial charge in [-0.1, -0.05) is 137 Å². The van der Waals surface area contributed by atoms with Crippen LogP contribution < -0.4 is 18.9 Å². The van der Waals surface area contributed by atoms with E-state index in [-0.39, 0.29) is 17.3 Å². The molecule has 120 heavy (non-hydrogen) atoms. The molecule has 632 valence electrons. The Bertz CT molecular complexity index is 5190. The highest BCUT2D eigenvalue weighted by Crippen LogP contribution is 2.29. The van der Waals surface area contributed by atoms with E-state index in [1.165, 1.54) is 91.1 Å². The second-order valence-corrected chi connectivity index (χ2v) is 27.6. The Morgan fingerprint density at radius 3 is 1.67 bits per heavy atom. The molecule has 2 aliphatic heterocycles. The van der Waals surface area contributed by atoms with Gasteiger partial charge in [0, 0.05) is 109 Å². The first-order valence-electron chi connectivity index (χ1n) is 40.9. The van der Waals surface area contributed by atoms with Gasteiger partial charge >= 0.3 is 6.18 Å². The van der Waals surface area contributed by atoms with Crippen LogP contribution in [0.1, 0.15) is 167 Å². The number of H-pyrrole nitrogens is 3. The van der Waals surface area contributed by atoms with Crippen molar-refractivity contribution in [3.63, 3.8) is 0 Å². The molecule has 2 aliphatic rings. The minimum atomic E-state index is -4.33. The summed E-state index contributed by atoms with van der Waals surface area (Å²) in [6.45, 7) is 25.7. The van der Waals surface area contributed by atoms with Crippen LogP contribution in [-0.2, 0) is 95.1 Å². The van der Waals surface area contributed by atoms with Crippen LogP contribution in [0.15, 0.2) is 226 Å². The highest BCUT2D eigenvalue weighted by atomic mass is 19.4. The number of alkyl halides is 3. The number of imidazole rings is 1. The zero-order chi connectivity index (χ0) is 86.8. The summed E-state index contributed by atoms with van der Waals surface area (Å²) in [6.07, 6.45) is 28.8. The van der Waals surface area contributed by atoms with Gasteiger partial charge in [-0.25, -0.2) is 33.7 Å².